The van der Waals surface area contributed by atoms with Gasteiger partial charge in [0.15, 0.2) is 17.1 Å². The van der Waals surface area contributed by atoms with Crippen molar-refractivity contribution in [2.75, 3.05) is 19.7 Å². The maximum Gasteiger partial charge on any atom is 0.284 e. The summed E-state index contributed by atoms with van der Waals surface area (Å²) in [6.07, 6.45) is 4.32. The van der Waals surface area contributed by atoms with E-state index in [0.717, 1.165) is 41.6 Å². The molecule has 0 amide bonds. The van der Waals surface area contributed by atoms with Crippen molar-refractivity contribution in [3.8, 4) is 5.75 Å². The van der Waals surface area contributed by atoms with Crippen LogP contribution >= 0.6 is 15.9 Å². The number of para-hydroxylation sites is 1. The van der Waals surface area contributed by atoms with E-state index in [4.69, 9.17) is 9.15 Å². The number of halogens is 1. The molecule has 8 heteroatoms. The Bertz CT molecular complexity index is 1430. The molecule has 0 spiro atoms. The van der Waals surface area contributed by atoms with Crippen LogP contribution in [0.1, 0.15) is 40.1 Å². The average molecular weight is 563 g/mol. The van der Waals surface area contributed by atoms with Gasteiger partial charge in [0.2, 0.25) is 0 Å². The molecule has 1 aliphatic rings. The van der Waals surface area contributed by atoms with Gasteiger partial charge in [-0.15, -0.1) is 0 Å². The SMILES string of the molecule is O=C(CN(CCOc1cccc2c3c(oc12)CCCC3)Cc1ccccc1)c1ccc(Br)c([N+](=O)[O-])c1. The van der Waals surface area contributed by atoms with E-state index in [1.165, 1.54) is 18.1 Å². The van der Waals surface area contributed by atoms with Crippen molar-refractivity contribution in [2.45, 2.75) is 32.2 Å². The summed E-state index contributed by atoms with van der Waals surface area (Å²) >= 11 is 3.18. The number of hydrogen-bond donors (Lipinski definition) is 0. The summed E-state index contributed by atoms with van der Waals surface area (Å²) in [4.78, 5) is 25.9. The first-order valence-corrected chi connectivity index (χ1v) is 13.2. The summed E-state index contributed by atoms with van der Waals surface area (Å²) < 4.78 is 12.7. The highest BCUT2D eigenvalue weighted by Gasteiger charge is 2.21. The lowest BCUT2D eigenvalue weighted by Crippen LogP contribution is -2.33. The van der Waals surface area contributed by atoms with Gasteiger partial charge in [0.05, 0.1) is 15.9 Å². The molecular formula is C29H27BrN2O5. The second-order valence-corrected chi connectivity index (χ2v) is 10.1. The first-order valence-electron chi connectivity index (χ1n) is 12.4. The third kappa shape index (κ3) is 5.76. The molecule has 190 valence electrons. The summed E-state index contributed by atoms with van der Waals surface area (Å²) in [7, 11) is 0. The van der Waals surface area contributed by atoms with Gasteiger partial charge in [0.1, 0.15) is 12.4 Å². The lowest BCUT2D eigenvalue weighted by Gasteiger charge is -2.22. The number of hydrogen-bond acceptors (Lipinski definition) is 6. The van der Waals surface area contributed by atoms with Gasteiger partial charge in [0, 0.05) is 42.1 Å². The van der Waals surface area contributed by atoms with Crippen LogP contribution in [0.25, 0.3) is 11.0 Å². The number of fused-ring (bicyclic) bond motifs is 3. The minimum atomic E-state index is -0.497. The van der Waals surface area contributed by atoms with Gasteiger partial charge >= 0.3 is 0 Å². The lowest BCUT2D eigenvalue weighted by atomic mass is 9.96. The molecule has 0 saturated carbocycles. The number of aryl methyl sites for hydroxylation is 2. The number of rotatable bonds is 10. The highest BCUT2D eigenvalue weighted by molar-refractivity contribution is 9.10. The van der Waals surface area contributed by atoms with Gasteiger partial charge in [-0.25, -0.2) is 0 Å². The molecular weight excluding hydrogens is 536 g/mol. The predicted molar refractivity (Wildman–Crippen MR) is 145 cm³/mol. The van der Waals surface area contributed by atoms with Crippen molar-refractivity contribution >= 4 is 38.4 Å². The lowest BCUT2D eigenvalue weighted by molar-refractivity contribution is -0.385. The first kappa shape index (κ1) is 25.2. The Morgan fingerprint density at radius 1 is 1.05 bits per heavy atom. The summed E-state index contributed by atoms with van der Waals surface area (Å²) in [5.41, 5.74) is 3.34. The molecule has 0 unspecified atom stereocenters. The highest BCUT2D eigenvalue weighted by atomic mass is 79.9. The smallest absolute Gasteiger partial charge is 0.284 e. The monoisotopic (exact) mass is 562 g/mol. The third-order valence-corrected chi connectivity index (χ3v) is 7.36. The van der Waals surface area contributed by atoms with Crippen molar-refractivity contribution in [2.24, 2.45) is 0 Å². The van der Waals surface area contributed by atoms with E-state index in [1.807, 2.05) is 47.4 Å². The fourth-order valence-electron chi connectivity index (χ4n) is 4.83. The zero-order chi connectivity index (χ0) is 25.8. The Morgan fingerprint density at radius 3 is 2.68 bits per heavy atom. The minimum absolute atomic E-state index is 0.107. The molecule has 3 aromatic carbocycles. The van der Waals surface area contributed by atoms with Crippen LogP contribution in [0.3, 0.4) is 0 Å². The number of carbonyl (C=O) groups is 1. The zero-order valence-electron chi connectivity index (χ0n) is 20.3. The van der Waals surface area contributed by atoms with Crippen molar-refractivity contribution in [3.05, 3.63) is 104 Å². The van der Waals surface area contributed by atoms with E-state index in [-0.39, 0.29) is 18.0 Å². The number of ketones is 1. The van der Waals surface area contributed by atoms with Gasteiger partial charge in [-0.05, 0) is 59.0 Å². The number of ether oxygens (including phenoxy) is 1. The predicted octanol–water partition coefficient (Wildman–Crippen LogP) is 6.75. The molecule has 5 rings (SSSR count). The molecule has 1 aromatic heterocycles. The quantitative estimate of drug-likeness (QED) is 0.121. The van der Waals surface area contributed by atoms with Crippen LogP contribution in [0.5, 0.6) is 5.75 Å². The summed E-state index contributed by atoms with van der Waals surface area (Å²) in [6, 6.07) is 20.4. The highest BCUT2D eigenvalue weighted by Crippen LogP contribution is 2.36. The molecule has 4 aromatic rings. The fourth-order valence-corrected chi connectivity index (χ4v) is 5.22. The van der Waals surface area contributed by atoms with E-state index in [9.17, 15) is 14.9 Å². The van der Waals surface area contributed by atoms with Crippen LogP contribution in [0, 0.1) is 10.1 Å². The van der Waals surface area contributed by atoms with Crippen molar-refractivity contribution in [1.29, 1.82) is 0 Å². The molecule has 0 bridgehead atoms. The van der Waals surface area contributed by atoms with Gasteiger partial charge in [0.25, 0.3) is 5.69 Å². The number of benzene rings is 3. The van der Waals surface area contributed by atoms with Crippen LogP contribution in [-0.2, 0) is 19.4 Å². The molecule has 0 atom stereocenters. The van der Waals surface area contributed by atoms with E-state index in [1.54, 1.807) is 12.1 Å². The van der Waals surface area contributed by atoms with Crippen LogP contribution in [0.15, 0.2) is 75.6 Å². The van der Waals surface area contributed by atoms with Crippen LogP contribution in [0.4, 0.5) is 5.69 Å². The Balaban J connectivity index is 1.31. The van der Waals surface area contributed by atoms with Crippen LogP contribution < -0.4 is 4.74 Å². The van der Waals surface area contributed by atoms with Crippen LogP contribution in [0.2, 0.25) is 0 Å². The summed E-state index contributed by atoms with van der Waals surface area (Å²) in [5, 5.41) is 12.4. The third-order valence-electron chi connectivity index (χ3n) is 6.69. The van der Waals surface area contributed by atoms with E-state index < -0.39 is 4.92 Å². The maximum absolute atomic E-state index is 13.1. The van der Waals surface area contributed by atoms with Crippen LogP contribution in [-0.4, -0.2) is 35.3 Å². The number of nitrogens with zero attached hydrogens (tertiary/aromatic N) is 2. The average Bonchev–Trinajstić information content (AvgIpc) is 3.29. The molecule has 1 heterocycles. The fraction of sp³-hybridized carbons (Fsp3) is 0.276. The Kier molecular flexibility index (Phi) is 7.67. The maximum atomic E-state index is 13.1. The molecule has 0 N–H and O–H groups in total. The van der Waals surface area contributed by atoms with E-state index in [2.05, 4.69) is 22.0 Å². The molecule has 0 aliphatic heterocycles. The second-order valence-electron chi connectivity index (χ2n) is 9.23. The number of carbonyl (C=O) groups excluding carboxylic acids is 1. The number of Topliss-reactive ketones (excluding diaryl/α,β-unsaturated/α-hetero) is 1. The molecule has 0 saturated heterocycles. The number of furan rings is 1. The molecule has 37 heavy (non-hydrogen) atoms. The normalized spacial score (nSPS) is 13.0. The van der Waals surface area contributed by atoms with Gasteiger partial charge in [-0.2, -0.15) is 0 Å². The standard InChI is InChI=1S/C29H27BrN2O5/c30-24-14-13-21(17-25(24)32(34)35)26(33)19-31(18-20-7-2-1-3-8-20)15-16-36-28-12-6-10-23-22-9-4-5-11-27(22)37-29(23)28/h1-3,6-8,10,12-14,17H,4-5,9,11,15-16,18-19H2. The second kappa shape index (κ2) is 11.3. The Labute approximate surface area is 223 Å². The molecule has 0 fully saturated rings. The topological polar surface area (TPSA) is 85.8 Å². The Morgan fingerprint density at radius 2 is 1.86 bits per heavy atom. The zero-order valence-corrected chi connectivity index (χ0v) is 21.9. The molecule has 7 nitrogen and oxygen atoms in total. The minimum Gasteiger partial charge on any atom is -0.488 e. The van der Waals surface area contributed by atoms with Crippen molar-refractivity contribution in [3.63, 3.8) is 0 Å². The van der Waals surface area contributed by atoms with Crippen molar-refractivity contribution < 1.29 is 18.9 Å². The van der Waals surface area contributed by atoms with E-state index >= 15 is 0 Å². The summed E-state index contributed by atoms with van der Waals surface area (Å²) in [6.45, 7) is 1.52. The number of nitro groups is 1. The summed E-state index contributed by atoms with van der Waals surface area (Å²) in [5.74, 6) is 1.59. The van der Waals surface area contributed by atoms with Gasteiger partial charge in [-0.3, -0.25) is 19.8 Å². The van der Waals surface area contributed by atoms with Gasteiger partial charge in [-0.1, -0.05) is 42.5 Å². The molecule has 0 radical (unpaired) electrons. The van der Waals surface area contributed by atoms with Gasteiger partial charge < -0.3 is 9.15 Å². The largest absolute Gasteiger partial charge is 0.488 e. The first-order chi connectivity index (χ1) is 18.0. The van der Waals surface area contributed by atoms with E-state index in [0.29, 0.717) is 35.5 Å². The molecule has 1 aliphatic carbocycles. The number of nitro benzene ring substituents is 1. The Hall–Kier alpha value is -3.49. The van der Waals surface area contributed by atoms with Crippen molar-refractivity contribution in [1.82, 2.24) is 4.90 Å².